The Morgan fingerprint density at radius 1 is 1.36 bits per heavy atom. The van der Waals surface area contributed by atoms with Crippen LogP contribution in [0, 0.1) is 19.3 Å². The minimum Gasteiger partial charge on any atom is -0.477 e. The fourth-order valence-corrected chi connectivity index (χ4v) is 4.33. The van der Waals surface area contributed by atoms with Gasteiger partial charge in [0.2, 0.25) is 5.88 Å². The highest BCUT2D eigenvalue weighted by Crippen LogP contribution is 2.41. The summed E-state index contributed by atoms with van der Waals surface area (Å²) >= 11 is 0. The number of hydrogen-bond acceptors (Lipinski definition) is 7. The molecule has 0 radical (unpaired) electrons. The number of pyridine rings is 1. The van der Waals surface area contributed by atoms with Crippen molar-refractivity contribution >= 4 is 5.97 Å². The molecular formula is C22H28F3N3O5. The molecule has 33 heavy (non-hydrogen) atoms. The van der Waals surface area contributed by atoms with Gasteiger partial charge < -0.3 is 19.1 Å². The largest absolute Gasteiger partial charge is 0.490 e. The fraction of sp³-hybridized carbons (Fsp3) is 0.591. The van der Waals surface area contributed by atoms with Crippen molar-refractivity contribution < 1.29 is 37.1 Å². The van der Waals surface area contributed by atoms with Crippen LogP contribution >= 0.6 is 0 Å². The number of aliphatic carboxylic acids is 1. The SMILES string of the molecule is Cc1noc(C)c1CN1CCC2OCCCC2(COc2ccccn2)C1.O=C(O)C(F)(F)F. The Labute approximate surface area is 189 Å². The van der Waals surface area contributed by atoms with Gasteiger partial charge in [-0.25, -0.2) is 9.78 Å². The molecule has 11 heteroatoms. The Kier molecular flexibility index (Phi) is 7.96. The van der Waals surface area contributed by atoms with E-state index in [2.05, 4.69) is 15.0 Å². The van der Waals surface area contributed by atoms with Crippen molar-refractivity contribution in [2.45, 2.75) is 51.9 Å². The maximum atomic E-state index is 10.6. The molecule has 0 bridgehead atoms. The number of piperidine rings is 1. The summed E-state index contributed by atoms with van der Waals surface area (Å²) in [5, 5.41) is 11.2. The summed E-state index contributed by atoms with van der Waals surface area (Å²) in [6.07, 6.45) is 0.200. The monoisotopic (exact) mass is 471 g/mol. The summed E-state index contributed by atoms with van der Waals surface area (Å²) < 4.78 is 49.3. The van der Waals surface area contributed by atoms with Crippen LogP contribution in [-0.4, -0.2) is 64.7 Å². The molecule has 2 unspecified atom stereocenters. The van der Waals surface area contributed by atoms with Crippen LogP contribution in [0.25, 0.3) is 0 Å². The van der Waals surface area contributed by atoms with E-state index in [0.29, 0.717) is 12.5 Å². The fourth-order valence-electron chi connectivity index (χ4n) is 4.33. The highest BCUT2D eigenvalue weighted by atomic mass is 19.4. The first-order valence-corrected chi connectivity index (χ1v) is 10.7. The highest BCUT2D eigenvalue weighted by Gasteiger charge is 2.47. The van der Waals surface area contributed by atoms with Crippen LogP contribution in [-0.2, 0) is 16.1 Å². The molecular weight excluding hydrogens is 443 g/mol. The number of carboxylic acids is 1. The van der Waals surface area contributed by atoms with Gasteiger partial charge in [0.05, 0.1) is 18.4 Å². The van der Waals surface area contributed by atoms with Crippen molar-refractivity contribution in [1.29, 1.82) is 0 Å². The van der Waals surface area contributed by atoms with E-state index in [1.165, 1.54) is 5.56 Å². The smallest absolute Gasteiger partial charge is 0.477 e. The second-order valence-electron chi connectivity index (χ2n) is 8.39. The molecule has 2 aliphatic rings. The highest BCUT2D eigenvalue weighted by molar-refractivity contribution is 5.73. The molecule has 0 spiro atoms. The number of hydrogen-bond donors (Lipinski definition) is 1. The first kappa shape index (κ1) is 25.0. The molecule has 0 aliphatic carbocycles. The summed E-state index contributed by atoms with van der Waals surface area (Å²) in [4.78, 5) is 15.7. The lowest BCUT2D eigenvalue weighted by Gasteiger charge is -2.50. The van der Waals surface area contributed by atoms with Gasteiger partial charge in [0.1, 0.15) is 5.76 Å². The standard InChI is InChI=1S/C20H27N3O3.C2HF3O2/c1-15-17(16(2)26-22-15)12-23-10-7-18-20(13-23,8-5-11-24-18)14-25-19-6-3-4-9-21-19;3-2(4,5)1(6)7/h3-4,6,9,18H,5,7-8,10-14H2,1-2H3;(H,6,7). The zero-order valence-corrected chi connectivity index (χ0v) is 18.6. The quantitative estimate of drug-likeness (QED) is 0.704. The molecule has 0 amide bonds. The van der Waals surface area contributed by atoms with Crippen LogP contribution in [0.1, 0.15) is 36.3 Å². The van der Waals surface area contributed by atoms with Crippen LogP contribution in [0.3, 0.4) is 0 Å². The maximum absolute atomic E-state index is 10.6. The predicted octanol–water partition coefficient (Wildman–Crippen LogP) is 3.77. The third-order valence-electron chi connectivity index (χ3n) is 6.02. The van der Waals surface area contributed by atoms with E-state index in [-0.39, 0.29) is 11.5 Å². The number of rotatable bonds is 5. The van der Waals surface area contributed by atoms with Crippen molar-refractivity contribution in [3.63, 3.8) is 0 Å². The molecule has 2 fully saturated rings. The maximum Gasteiger partial charge on any atom is 0.490 e. The Morgan fingerprint density at radius 2 is 2.12 bits per heavy atom. The molecule has 2 atom stereocenters. The Hall–Kier alpha value is -2.66. The van der Waals surface area contributed by atoms with Gasteiger partial charge in [-0.2, -0.15) is 13.2 Å². The lowest BCUT2D eigenvalue weighted by molar-refractivity contribution is -0.192. The van der Waals surface area contributed by atoms with Crippen molar-refractivity contribution in [3.05, 3.63) is 41.4 Å². The van der Waals surface area contributed by atoms with E-state index in [1.807, 2.05) is 32.0 Å². The second-order valence-corrected chi connectivity index (χ2v) is 8.39. The Balaban J connectivity index is 0.000000383. The average Bonchev–Trinajstić information content (AvgIpc) is 3.10. The van der Waals surface area contributed by atoms with Gasteiger partial charge in [0.15, 0.2) is 0 Å². The van der Waals surface area contributed by atoms with Crippen LogP contribution in [0.4, 0.5) is 13.2 Å². The summed E-state index contributed by atoms with van der Waals surface area (Å²) in [6, 6.07) is 5.78. The van der Waals surface area contributed by atoms with Gasteiger partial charge in [-0.3, -0.25) is 4.90 Å². The van der Waals surface area contributed by atoms with E-state index in [4.69, 9.17) is 23.9 Å². The first-order valence-electron chi connectivity index (χ1n) is 10.7. The average molecular weight is 471 g/mol. The third kappa shape index (κ3) is 6.44. The number of alkyl halides is 3. The topological polar surface area (TPSA) is 97.9 Å². The van der Waals surface area contributed by atoms with Gasteiger partial charge in [0.25, 0.3) is 0 Å². The molecule has 4 heterocycles. The van der Waals surface area contributed by atoms with E-state index >= 15 is 0 Å². The number of ether oxygens (including phenoxy) is 2. The zero-order chi connectivity index (χ0) is 24.1. The van der Waals surface area contributed by atoms with Crippen molar-refractivity contribution in [1.82, 2.24) is 15.0 Å². The number of aromatic nitrogens is 2. The van der Waals surface area contributed by atoms with Gasteiger partial charge in [-0.05, 0) is 39.2 Å². The van der Waals surface area contributed by atoms with E-state index in [1.54, 1.807) is 6.20 Å². The first-order chi connectivity index (χ1) is 15.6. The van der Waals surface area contributed by atoms with Gasteiger partial charge >= 0.3 is 12.1 Å². The summed E-state index contributed by atoms with van der Waals surface area (Å²) in [6.45, 7) is 8.38. The van der Waals surface area contributed by atoms with E-state index in [9.17, 15) is 13.2 Å². The number of carboxylic acid groups (broad SMARTS) is 1. The number of carbonyl (C=O) groups is 1. The number of fused-ring (bicyclic) bond motifs is 1. The molecule has 0 aromatic carbocycles. The van der Waals surface area contributed by atoms with E-state index in [0.717, 1.165) is 57.0 Å². The van der Waals surface area contributed by atoms with Crippen LogP contribution in [0.2, 0.25) is 0 Å². The van der Waals surface area contributed by atoms with Crippen molar-refractivity contribution in [2.75, 3.05) is 26.3 Å². The molecule has 2 aliphatic heterocycles. The lowest BCUT2D eigenvalue weighted by Crippen LogP contribution is -2.57. The summed E-state index contributed by atoms with van der Waals surface area (Å²) in [5.41, 5.74) is 2.22. The summed E-state index contributed by atoms with van der Waals surface area (Å²) in [7, 11) is 0. The molecule has 2 aromatic heterocycles. The normalized spacial score (nSPS) is 23.2. The molecule has 2 saturated heterocycles. The third-order valence-corrected chi connectivity index (χ3v) is 6.02. The van der Waals surface area contributed by atoms with Gasteiger partial charge in [-0.1, -0.05) is 11.2 Å². The van der Waals surface area contributed by atoms with Crippen molar-refractivity contribution in [2.24, 2.45) is 5.41 Å². The van der Waals surface area contributed by atoms with Crippen LogP contribution in [0.15, 0.2) is 28.9 Å². The minimum atomic E-state index is -5.08. The molecule has 0 saturated carbocycles. The molecule has 4 rings (SSSR count). The minimum absolute atomic E-state index is 0.0208. The molecule has 8 nitrogen and oxygen atoms in total. The number of likely N-dealkylation sites (tertiary alicyclic amines) is 1. The second kappa shape index (κ2) is 10.5. The van der Waals surface area contributed by atoms with Crippen LogP contribution in [0.5, 0.6) is 5.88 Å². The van der Waals surface area contributed by atoms with E-state index < -0.39 is 12.1 Å². The number of nitrogens with zero attached hydrogens (tertiary/aromatic N) is 3. The van der Waals surface area contributed by atoms with Gasteiger partial charge in [0, 0.05) is 49.5 Å². The lowest BCUT2D eigenvalue weighted by atomic mass is 9.73. The van der Waals surface area contributed by atoms with Crippen LogP contribution < -0.4 is 4.74 Å². The summed E-state index contributed by atoms with van der Waals surface area (Å²) in [5.74, 6) is -1.15. The molecule has 182 valence electrons. The molecule has 2 aromatic rings. The predicted molar refractivity (Wildman–Crippen MR) is 111 cm³/mol. The van der Waals surface area contributed by atoms with Crippen molar-refractivity contribution in [3.8, 4) is 5.88 Å². The number of halogens is 3. The Bertz CT molecular complexity index is 902. The Morgan fingerprint density at radius 3 is 2.73 bits per heavy atom. The molecule has 1 N–H and O–H groups in total. The zero-order valence-electron chi connectivity index (χ0n) is 18.6. The van der Waals surface area contributed by atoms with Gasteiger partial charge in [-0.15, -0.1) is 0 Å². The number of aryl methyl sites for hydroxylation is 2.